The number of amides is 1. The molecular weight excluding hydrogens is 368 g/mol. The fourth-order valence-electron chi connectivity index (χ4n) is 3.57. The fourth-order valence-corrected chi connectivity index (χ4v) is 4.25. The summed E-state index contributed by atoms with van der Waals surface area (Å²) in [6, 6.07) is 10.6. The van der Waals surface area contributed by atoms with E-state index < -0.39 is 0 Å². The number of hydrogen-bond acceptors (Lipinski definition) is 4. The summed E-state index contributed by atoms with van der Waals surface area (Å²) in [5.74, 6) is 0.118. The minimum atomic E-state index is -0.207. The number of carbonyl (C=O) groups is 2. The number of hydrogen-bond donors (Lipinski definition) is 2. The number of benzene rings is 1. The highest BCUT2D eigenvalue weighted by atomic mass is 35.5. The van der Waals surface area contributed by atoms with Crippen LogP contribution < -0.4 is 11.1 Å². The van der Waals surface area contributed by atoms with E-state index in [0.717, 1.165) is 12.8 Å². The molecule has 1 aliphatic carbocycles. The summed E-state index contributed by atoms with van der Waals surface area (Å²) in [7, 11) is 0. The number of nitrogens with two attached hydrogens (primary N) is 1. The first-order chi connectivity index (χ1) is 12.2. The molecule has 1 aliphatic rings. The van der Waals surface area contributed by atoms with Crippen molar-refractivity contribution in [3.05, 3.63) is 57.8 Å². The van der Waals surface area contributed by atoms with Crippen molar-refractivity contribution in [1.82, 2.24) is 5.32 Å². The van der Waals surface area contributed by atoms with E-state index in [2.05, 4.69) is 5.32 Å². The quantitative estimate of drug-likeness (QED) is 0.728. The van der Waals surface area contributed by atoms with Crippen LogP contribution in [0.1, 0.15) is 57.7 Å². The Bertz CT molecular complexity index is 727. The standard InChI is InChI=1S/C20H24N2O2S.ClH/c21-13-17(14-7-2-1-3-8-14)22-20(24)16-10-5-4-9-15(16)19(23)18-11-6-12-25-18;/h4-6,9-12,14,17H,1-3,7-8,13,21H2,(H,22,24);1H. The second kappa shape index (κ2) is 9.86. The molecule has 1 aromatic carbocycles. The molecule has 1 aromatic heterocycles. The van der Waals surface area contributed by atoms with Crippen molar-refractivity contribution in [2.45, 2.75) is 38.1 Å². The molecule has 0 spiro atoms. The van der Waals surface area contributed by atoms with Gasteiger partial charge in [-0.2, -0.15) is 0 Å². The summed E-state index contributed by atoms with van der Waals surface area (Å²) in [5.41, 5.74) is 6.80. The molecule has 6 heteroatoms. The lowest BCUT2D eigenvalue weighted by atomic mass is 9.83. The van der Waals surface area contributed by atoms with E-state index in [1.807, 2.05) is 11.4 Å². The molecule has 4 nitrogen and oxygen atoms in total. The zero-order valence-corrected chi connectivity index (χ0v) is 16.3. The van der Waals surface area contributed by atoms with Crippen LogP contribution in [0.15, 0.2) is 41.8 Å². The van der Waals surface area contributed by atoms with E-state index in [1.54, 1.807) is 30.3 Å². The largest absolute Gasteiger partial charge is 0.348 e. The van der Waals surface area contributed by atoms with E-state index in [-0.39, 0.29) is 30.1 Å². The normalized spacial score (nSPS) is 15.7. The highest BCUT2D eigenvalue weighted by Gasteiger charge is 2.26. The van der Waals surface area contributed by atoms with Gasteiger partial charge in [-0.25, -0.2) is 0 Å². The summed E-state index contributed by atoms with van der Waals surface area (Å²) < 4.78 is 0. The van der Waals surface area contributed by atoms with Crippen LogP contribution in [-0.4, -0.2) is 24.3 Å². The third-order valence-corrected chi connectivity index (χ3v) is 5.82. The van der Waals surface area contributed by atoms with E-state index >= 15 is 0 Å². The van der Waals surface area contributed by atoms with E-state index in [0.29, 0.717) is 28.5 Å². The molecule has 2 aromatic rings. The third kappa shape index (κ3) is 4.72. The fraction of sp³-hybridized carbons (Fsp3) is 0.400. The monoisotopic (exact) mass is 392 g/mol. The van der Waals surface area contributed by atoms with Gasteiger partial charge in [-0.1, -0.05) is 43.5 Å². The van der Waals surface area contributed by atoms with Gasteiger partial charge in [-0.05, 0) is 36.3 Å². The van der Waals surface area contributed by atoms with Gasteiger partial charge in [-0.15, -0.1) is 23.7 Å². The Morgan fingerprint density at radius 3 is 2.38 bits per heavy atom. The van der Waals surface area contributed by atoms with Crippen LogP contribution in [0.4, 0.5) is 0 Å². The molecule has 3 rings (SSSR count). The Morgan fingerprint density at radius 2 is 1.77 bits per heavy atom. The molecule has 0 bridgehead atoms. The van der Waals surface area contributed by atoms with Gasteiger partial charge < -0.3 is 11.1 Å². The summed E-state index contributed by atoms with van der Waals surface area (Å²) in [6.07, 6.45) is 5.88. The SMILES string of the molecule is Cl.NCC(NC(=O)c1ccccc1C(=O)c1cccs1)C1CCCCC1. The number of carbonyl (C=O) groups excluding carboxylic acids is 2. The lowest BCUT2D eigenvalue weighted by Crippen LogP contribution is -2.46. The summed E-state index contributed by atoms with van der Waals surface area (Å²) in [5, 5.41) is 4.95. The van der Waals surface area contributed by atoms with Gasteiger partial charge >= 0.3 is 0 Å². The smallest absolute Gasteiger partial charge is 0.252 e. The number of halogens is 1. The molecule has 1 fully saturated rings. The van der Waals surface area contributed by atoms with Crippen molar-refractivity contribution in [2.75, 3.05) is 6.54 Å². The van der Waals surface area contributed by atoms with Crippen LogP contribution in [0, 0.1) is 5.92 Å². The minimum Gasteiger partial charge on any atom is -0.348 e. The second-order valence-electron chi connectivity index (χ2n) is 6.57. The first-order valence-electron chi connectivity index (χ1n) is 8.89. The van der Waals surface area contributed by atoms with Crippen LogP contribution >= 0.6 is 23.7 Å². The maximum Gasteiger partial charge on any atom is 0.252 e. The highest BCUT2D eigenvalue weighted by molar-refractivity contribution is 7.12. The molecule has 0 saturated heterocycles. The minimum absolute atomic E-state index is 0. The first kappa shape index (κ1) is 20.6. The van der Waals surface area contributed by atoms with Gasteiger partial charge in [-0.3, -0.25) is 9.59 Å². The molecule has 1 atom stereocenters. The zero-order valence-electron chi connectivity index (χ0n) is 14.6. The van der Waals surface area contributed by atoms with Crippen molar-refractivity contribution >= 4 is 35.4 Å². The van der Waals surface area contributed by atoms with Crippen molar-refractivity contribution in [1.29, 1.82) is 0 Å². The van der Waals surface area contributed by atoms with Gasteiger partial charge in [0.2, 0.25) is 5.78 Å². The van der Waals surface area contributed by atoms with Gasteiger partial charge in [0.15, 0.2) is 0 Å². The summed E-state index contributed by atoms with van der Waals surface area (Å²) in [6.45, 7) is 0.428. The van der Waals surface area contributed by atoms with Gasteiger partial charge in [0.1, 0.15) is 0 Å². The molecule has 1 unspecified atom stereocenters. The number of nitrogens with one attached hydrogen (secondary N) is 1. The van der Waals surface area contributed by atoms with Crippen LogP contribution in [0.3, 0.4) is 0 Å². The van der Waals surface area contributed by atoms with E-state index in [4.69, 9.17) is 5.73 Å². The lowest BCUT2D eigenvalue weighted by Gasteiger charge is -2.30. The van der Waals surface area contributed by atoms with Crippen LogP contribution in [0.5, 0.6) is 0 Å². The van der Waals surface area contributed by atoms with E-state index in [9.17, 15) is 9.59 Å². The van der Waals surface area contributed by atoms with Crippen LogP contribution in [-0.2, 0) is 0 Å². The lowest BCUT2D eigenvalue weighted by molar-refractivity contribution is 0.0907. The van der Waals surface area contributed by atoms with Crippen molar-refractivity contribution in [3.8, 4) is 0 Å². The summed E-state index contributed by atoms with van der Waals surface area (Å²) in [4.78, 5) is 26.2. The Morgan fingerprint density at radius 1 is 1.08 bits per heavy atom. The molecule has 3 N–H and O–H groups in total. The molecule has 0 aliphatic heterocycles. The topological polar surface area (TPSA) is 72.2 Å². The molecule has 0 radical (unpaired) electrons. The molecule has 1 amide bonds. The molecule has 1 saturated carbocycles. The Balaban J connectivity index is 0.00000243. The van der Waals surface area contributed by atoms with Crippen molar-refractivity contribution in [2.24, 2.45) is 11.7 Å². The first-order valence-corrected chi connectivity index (χ1v) is 9.77. The Kier molecular flexibility index (Phi) is 7.82. The van der Waals surface area contributed by atoms with Gasteiger partial charge in [0.05, 0.1) is 10.4 Å². The molecule has 140 valence electrons. The van der Waals surface area contributed by atoms with E-state index in [1.165, 1.54) is 30.6 Å². The number of ketones is 1. The molecular formula is C20H25ClN2O2S. The average Bonchev–Trinajstić information content (AvgIpc) is 3.21. The number of thiophene rings is 1. The maximum atomic E-state index is 12.8. The average molecular weight is 393 g/mol. The zero-order chi connectivity index (χ0) is 17.6. The van der Waals surface area contributed by atoms with Crippen LogP contribution in [0.2, 0.25) is 0 Å². The van der Waals surface area contributed by atoms with Gasteiger partial charge in [0, 0.05) is 18.2 Å². The van der Waals surface area contributed by atoms with Gasteiger partial charge in [0.25, 0.3) is 5.91 Å². The Hall–Kier alpha value is -1.69. The van der Waals surface area contributed by atoms with Crippen LogP contribution in [0.25, 0.3) is 0 Å². The Labute approximate surface area is 164 Å². The van der Waals surface area contributed by atoms with Crippen molar-refractivity contribution in [3.63, 3.8) is 0 Å². The highest BCUT2D eigenvalue weighted by Crippen LogP contribution is 2.26. The van der Waals surface area contributed by atoms with Crippen molar-refractivity contribution < 1.29 is 9.59 Å². The summed E-state index contributed by atoms with van der Waals surface area (Å²) >= 11 is 1.39. The molecule has 1 heterocycles. The predicted molar refractivity (Wildman–Crippen MR) is 108 cm³/mol. The predicted octanol–water partition coefficient (Wildman–Crippen LogP) is 4.04. The molecule has 26 heavy (non-hydrogen) atoms. The number of rotatable bonds is 6. The second-order valence-corrected chi connectivity index (χ2v) is 7.51. The third-order valence-electron chi connectivity index (χ3n) is 4.95. The maximum absolute atomic E-state index is 12.8.